The molecule has 7 nitrogen and oxygen atoms in total. The zero-order chi connectivity index (χ0) is 21.8. The Morgan fingerprint density at radius 3 is 2.50 bits per heavy atom. The van der Waals surface area contributed by atoms with Crippen molar-refractivity contribution in [2.45, 2.75) is 45.8 Å². The molecule has 1 fully saturated rings. The highest BCUT2D eigenvalue weighted by atomic mass is 16.5. The topological polar surface area (TPSA) is 78.4 Å². The summed E-state index contributed by atoms with van der Waals surface area (Å²) < 4.78 is 10.8. The van der Waals surface area contributed by atoms with E-state index in [0.29, 0.717) is 12.5 Å². The number of likely N-dealkylation sites (tertiary alicyclic amines) is 1. The third-order valence-corrected chi connectivity index (χ3v) is 5.28. The Balaban J connectivity index is 1.79. The number of piperidine rings is 1. The third-order valence-electron chi connectivity index (χ3n) is 5.28. The molecular weight excluding hydrogens is 380 g/mol. The van der Waals surface area contributed by atoms with Crippen molar-refractivity contribution in [2.75, 3.05) is 53.0 Å². The second-order valence-corrected chi connectivity index (χ2v) is 8.13. The van der Waals surface area contributed by atoms with Crippen molar-refractivity contribution >= 4 is 5.96 Å². The summed E-state index contributed by atoms with van der Waals surface area (Å²) in [6, 6.07) is 7.58. The van der Waals surface area contributed by atoms with Gasteiger partial charge in [-0.1, -0.05) is 12.1 Å². The average molecular weight is 421 g/mol. The van der Waals surface area contributed by atoms with E-state index in [0.717, 1.165) is 56.6 Å². The van der Waals surface area contributed by atoms with Gasteiger partial charge in [-0.3, -0.25) is 4.99 Å². The van der Waals surface area contributed by atoms with E-state index in [1.54, 1.807) is 7.11 Å². The first-order valence-corrected chi connectivity index (χ1v) is 11.2. The molecule has 1 aliphatic rings. The minimum absolute atomic E-state index is 0.136. The number of nitrogens with one attached hydrogen (secondary N) is 2. The molecule has 170 valence electrons. The number of guanidine groups is 1. The van der Waals surface area contributed by atoms with E-state index in [1.165, 1.54) is 12.8 Å². The Bertz CT molecular complexity index is 613. The summed E-state index contributed by atoms with van der Waals surface area (Å²) in [5.41, 5.74) is 0.842. The largest absolute Gasteiger partial charge is 0.491 e. The predicted molar refractivity (Wildman–Crippen MR) is 122 cm³/mol. The van der Waals surface area contributed by atoms with E-state index in [-0.39, 0.29) is 6.10 Å². The SMILES string of the molecule is CCNC(=NCC(O)c1ccc(OC(C)C)cc1)NCC1CCN(CCOC)CC1. The fraction of sp³-hybridized carbons (Fsp3) is 0.696. The molecule has 0 amide bonds. The highest BCUT2D eigenvalue weighted by molar-refractivity contribution is 5.79. The van der Waals surface area contributed by atoms with Crippen molar-refractivity contribution in [3.8, 4) is 5.75 Å². The second-order valence-electron chi connectivity index (χ2n) is 8.13. The van der Waals surface area contributed by atoms with Crippen molar-refractivity contribution in [1.29, 1.82) is 0 Å². The number of aliphatic hydroxyl groups is 1. The maximum atomic E-state index is 10.5. The summed E-state index contributed by atoms with van der Waals surface area (Å²) >= 11 is 0. The van der Waals surface area contributed by atoms with E-state index in [4.69, 9.17) is 9.47 Å². The van der Waals surface area contributed by atoms with Gasteiger partial charge in [-0.25, -0.2) is 0 Å². The first kappa shape index (κ1) is 24.4. The molecule has 1 unspecified atom stereocenters. The van der Waals surface area contributed by atoms with Gasteiger partial charge in [-0.05, 0) is 70.3 Å². The molecule has 1 saturated heterocycles. The van der Waals surface area contributed by atoms with Gasteiger partial charge in [0.2, 0.25) is 0 Å². The lowest BCUT2D eigenvalue weighted by atomic mass is 9.97. The van der Waals surface area contributed by atoms with Crippen LogP contribution in [0, 0.1) is 5.92 Å². The Morgan fingerprint density at radius 1 is 1.20 bits per heavy atom. The quantitative estimate of drug-likeness (QED) is 0.377. The number of aliphatic hydroxyl groups excluding tert-OH is 1. The van der Waals surface area contributed by atoms with E-state index < -0.39 is 6.10 Å². The average Bonchev–Trinajstić information content (AvgIpc) is 2.75. The molecule has 1 atom stereocenters. The summed E-state index contributed by atoms with van der Waals surface area (Å²) in [4.78, 5) is 7.05. The van der Waals surface area contributed by atoms with Crippen LogP contribution in [0.5, 0.6) is 5.75 Å². The summed E-state index contributed by atoms with van der Waals surface area (Å²) in [6.45, 7) is 12.1. The zero-order valence-corrected chi connectivity index (χ0v) is 19.1. The number of nitrogens with zero attached hydrogens (tertiary/aromatic N) is 2. The molecule has 7 heteroatoms. The summed E-state index contributed by atoms with van der Waals surface area (Å²) in [7, 11) is 1.76. The molecule has 1 aromatic carbocycles. The Kier molecular flexibility index (Phi) is 11.0. The van der Waals surface area contributed by atoms with Gasteiger partial charge in [0.1, 0.15) is 5.75 Å². The van der Waals surface area contributed by atoms with Crippen LogP contribution in [0.15, 0.2) is 29.3 Å². The number of hydrogen-bond donors (Lipinski definition) is 3. The van der Waals surface area contributed by atoms with Crippen LogP contribution in [0.25, 0.3) is 0 Å². The first-order valence-electron chi connectivity index (χ1n) is 11.2. The van der Waals surface area contributed by atoms with E-state index in [9.17, 15) is 5.11 Å². The third kappa shape index (κ3) is 8.90. The lowest BCUT2D eigenvalue weighted by Gasteiger charge is -2.32. The predicted octanol–water partition coefficient (Wildman–Crippen LogP) is 2.42. The number of hydrogen-bond acceptors (Lipinski definition) is 5. The molecule has 1 aromatic rings. The van der Waals surface area contributed by atoms with Gasteiger partial charge in [-0.15, -0.1) is 0 Å². The molecule has 0 aromatic heterocycles. The van der Waals surface area contributed by atoms with Crippen LogP contribution in [0.2, 0.25) is 0 Å². The normalized spacial score (nSPS) is 17.2. The monoisotopic (exact) mass is 420 g/mol. The Morgan fingerprint density at radius 2 is 1.90 bits per heavy atom. The van der Waals surface area contributed by atoms with Gasteiger partial charge in [0.15, 0.2) is 5.96 Å². The maximum Gasteiger partial charge on any atom is 0.191 e. The molecule has 3 N–H and O–H groups in total. The van der Waals surface area contributed by atoms with Crippen molar-refractivity contribution in [1.82, 2.24) is 15.5 Å². The number of rotatable bonds is 11. The van der Waals surface area contributed by atoms with Crippen LogP contribution in [-0.4, -0.2) is 75.1 Å². The van der Waals surface area contributed by atoms with Gasteiger partial charge in [0.25, 0.3) is 0 Å². The lowest BCUT2D eigenvalue weighted by Crippen LogP contribution is -2.43. The number of aliphatic imine (C=N–C) groups is 1. The maximum absolute atomic E-state index is 10.5. The van der Waals surface area contributed by atoms with Gasteiger partial charge >= 0.3 is 0 Å². The van der Waals surface area contributed by atoms with Crippen LogP contribution >= 0.6 is 0 Å². The minimum atomic E-state index is -0.641. The van der Waals surface area contributed by atoms with Crippen molar-refractivity contribution < 1.29 is 14.6 Å². The van der Waals surface area contributed by atoms with E-state index in [2.05, 4.69) is 27.4 Å². The van der Waals surface area contributed by atoms with E-state index in [1.807, 2.05) is 38.1 Å². The van der Waals surface area contributed by atoms with Gasteiger partial charge < -0.3 is 30.1 Å². The molecule has 2 rings (SSSR count). The van der Waals surface area contributed by atoms with Crippen LogP contribution in [0.4, 0.5) is 0 Å². The number of benzene rings is 1. The zero-order valence-electron chi connectivity index (χ0n) is 19.1. The highest BCUT2D eigenvalue weighted by Gasteiger charge is 2.19. The Labute approximate surface area is 181 Å². The van der Waals surface area contributed by atoms with Gasteiger partial charge in [0, 0.05) is 26.7 Å². The molecule has 1 heterocycles. The summed E-state index contributed by atoms with van der Waals surface area (Å²) in [5.74, 6) is 2.22. The molecule has 0 bridgehead atoms. The first-order chi connectivity index (χ1) is 14.5. The molecule has 0 spiro atoms. The second kappa shape index (κ2) is 13.5. The van der Waals surface area contributed by atoms with Gasteiger partial charge in [-0.2, -0.15) is 0 Å². The van der Waals surface area contributed by atoms with Crippen LogP contribution in [0.3, 0.4) is 0 Å². The van der Waals surface area contributed by atoms with Crippen LogP contribution in [0.1, 0.15) is 45.3 Å². The van der Waals surface area contributed by atoms with E-state index >= 15 is 0 Å². The Hall–Kier alpha value is -1.83. The molecule has 0 radical (unpaired) electrons. The molecular formula is C23H40N4O3. The van der Waals surface area contributed by atoms with Crippen molar-refractivity contribution in [3.05, 3.63) is 29.8 Å². The summed E-state index contributed by atoms with van der Waals surface area (Å²) in [5, 5.41) is 17.2. The molecule has 1 aliphatic heterocycles. The fourth-order valence-electron chi connectivity index (χ4n) is 3.54. The van der Waals surface area contributed by atoms with Crippen molar-refractivity contribution in [3.63, 3.8) is 0 Å². The van der Waals surface area contributed by atoms with Crippen LogP contribution in [-0.2, 0) is 4.74 Å². The standard InChI is InChI=1S/C23H40N4O3/c1-5-24-23(25-16-19-10-12-27(13-11-19)14-15-29-4)26-17-22(28)20-6-8-21(9-7-20)30-18(2)3/h6-9,18-19,22,28H,5,10-17H2,1-4H3,(H2,24,25,26). The molecule has 30 heavy (non-hydrogen) atoms. The molecule has 0 aliphatic carbocycles. The lowest BCUT2D eigenvalue weighted by molar-refractivity contribution is 0.121. The van der Waals surface area contributed by atoms with Crippen molar-refractivity contribution in [2.24, 2.45) is 10.9 Å². The number of ether oxygens (including phenoxy) is 2. The smallest absolute Gasteiger partial charge is 0.191 e. The fourth-order valence-corrected chi connectivity index (χ4v) is 3.54. The van der Waals surface area contributed by atoms with Gasteiger partial charge in [0.05, 0.1) is 25.4 Å². The number of methoxy groups -OCH3 is 1. The minimum Gasteiger partial charge on any atom is -0.491 e. The molecule has 0 saturated carbocycles. The van der Waals surface area contributed by atoms with Crippen LogP contribution < -0.4 is 15.4 Å². The summed E-state index contributed by atoms with van der Waals surface area (Å²) in [6.07, 6.45) is 1.86. The highest BCUT2D eigenvalue weighted by Crippen LogP contribution is 2.19.